The number of fused-ring (bicyclic) bond motifs is 2. The second-order valence-corrected chi connectivity index (χ2v) is 5.76. The van der Waals surface area contributed by atoms with Gasteiger partial charge in [-0.3, -0.25) is 0 Å². The minimum Gasteiger partial charge on any atom is -0.425 e. The summed E-state index contributed by atoms with van der Waals surface area (Å²) in [6.45, 7) is 1.21. The standard InChI is InChI=1S/C13H13N5O3/c19-13-20-8-5-17(6-9(8)21-13)11-4-3-10-14-15-12(7-1-2-7)18(10)16-11/h3-4,7-9H,1-2,5-6H2/t8-,9+. The summed E-state index contributed by atoms with van der Waals surface area (Å²) >= 11 is 0. The average Bonchev–Trinajstić information content (AvgIpc) is 2.96. The molecule has 0 bridgehead atoms. The summed E-state index contributed by atoms with van der Waals surface area (Å²) in [6, 6.07) is 3.84. The van der Waals surface area contributed by atoms with Crippen LogP contribution in [-0.2, 0) is 9.47 Å². The van der Waals surface area contributed by atoms with Crippen LogP contribution in [0.4, 0.5) is 10.6 Å². The number of hydrogen-bond acceptors (Lipinski definition) is 7. The molecule has 2 aliphatic heterocycles. The maximum absolute atomic E-state index is 11.1. The molecule has 1 saturated carbocycles. The molecule has 0 N–H and O–H groups in total. The van der Waals surface area contributed by atoms with Crippen molar-refractivity contribution in [1.82, 2.24) is 19.8 Å². The van der Waals surface area contributed by atoms with Crippen LogP contribution in [0.1, 0.15) is 24.6 Å². The van der Waals surface area contributed by atoms with Crippen LogP contribution >= 0.6 is 0 Å². The molecule has 0 amide bonds. The molecule has 2 atom stereocenters. The molecule has 5 rings (SSSR count). The molecule has 0 unspecified atom stereocenters. The molecule has 3 fully saturated rings. The molecule has 0 radical (unpaired) electrons. The second-order valence-electron chi connectivity index (χ2n) is 5.76. The van der Waals surface area contributed by atoms with Crippen LogP contribution in [0.2, 0.25) is 0 Å². The number of anilines is 1. The summed E-state index contributed by atoms with van der Waals surface area (Å²) in [4.78, 5) is 13.1. The molecule has 8 heteroatoms. The second kappa shape index (κ2) is 3.84. The molecule has 21 heavy (non-hydrogen) atoms. The van der Waals surface area contributed by atoms with Crippen LogP contribution in [0.3, 0.4) is 0 Å². The highest BCUT2D eigenvalue weighted by Crippen LogP contribution is 2.39. The Kier molecular flexibility index (Phi) is 2.06. The van der Waals surface area contributed by atoms with Gasteiger partial charge in [0.25, 0.3) is 0 Å². The molecule has 1 aliphatic carbocycles. The lowest BCUT2D eigenvalue weighted by Gasteiger charge is -2.17. The lowest BCUT2D eigenvalue weighted by atomic mass is 10.3. The molecule has 2 aromatic heterocycles. The first-order chi connectivity index (χ1) is 10.3. The van der Waals surface area contributed by atoms with Gasteiger partial charge in [-0.15, -0.1) is 15.3 Å². The van der Waals surface area contributed by atoms with Gasteiger partial charge in [-0.05, 0) is 25.0 Å². The fraction of sp³-hybridized carbons (Fsp3) is 0.538. The Labute approximate surface area is 119 Å². The predicted octanol–water partition coefficient (Wildman–Crippen LogP) is 0.726. The topological polar surface area (TPSA) is 81.9 Å². The smallest absolute Gasteiger partial charge is 0.425 e. The summed E-state index contributed by atoms with van der Waals surface area (Å²) in [5, 5.41) is 13.0. The van der Waals surface area contributed by atoms with Gasteiger partial charge in [0.2, 0.25) is 0 Å². The van der Waals surface area contributed by atoms with E-state index in [2.05, 4.69) is 20.2 Å². The van der Waals surface area contributed by atoms with Crippen molar-refractivity contribution in [3.63, 3.8) is 0 Å². The van der Waals surface area contributed by atoms with Crippen LogP contribution in [0.25, 0.3) is 5.65 Å². The summed E-state index contributed by atoms with van der Waals surface area (Å²) in [6.07, 6.45) is 1.36. The van der Waals surface area contributed by atoms with E-state index in [0.717, 1.165) is 30.1 Å². The molecule has 108 valence electrons. The quantitative estimate of drug-likeness (QED) is 0.753. The largest absolute Gasteiger partial charge is 0.509 e. The lowest BCUT2D eigenvalue weighted by molar-refractivity contribution is 0.113. The van der Waals surface area contributed by atoms with E-state index in [-0.39, 0.29) is 12.2 Å². The minimum atomic E-state index is -0.567. The highest BCUT2D eigenvalue weighted by atomic mass is 16.8. The first-order valence-electron chi connectivity index (χ1n) is 7.12. The van der Waals surface area contributed by atoms with E-state index in [4.69, 9.17) is 9.47 Å². The zero-order valence-corrected chi connectivity index (χ0v) is 11.2. The van der Waals surface area contributed by atoms with Crippen LogP contribution in [-0.4, -0.2) is 51.3 Å². The zero-order chi connectivity index (χ0) is 14.0. The number of carbonyl (C=O) groups is 1. The fourth-order valence-electron chi connectivity index (χ4n) is 2.99. The maximum Gasteiger partial charge on any atom is 0.509 e. The molecule has 8 nitrogen and oxygen atoms in total. The van der Waals surface area contributed by atoms with Crippen molar-refractivity contribution in [2.75, 3.05) is 18.0 Å². The van der Waals surface area contributed by atoms with E-state index in [1.807, 2.05) is 16.6 Å². The van der Waals surface area contributed by atoms with Gasteiger partial charge in [-0.25, -0.2) is 4.79 Å². The molecule has 2 aromatic rings. The monoisotopic (exact) mass is 287 g/mol. The molecule has 0 aromatic carbocycles. The lowest BCUT2D eigenvalue weighted by Crippen LogP contribution is -2.25. The van der Waals surface area contributed by atoms with Gasteiger partial charge in [-0.1, -0.05) is 0 Å². The molecule has 0 spiro atoms. The van der Waals surface area contributed by atoms with E-state index in [1.54, 1.807) is 0 Å². The van der Waals surface area contributed by atoms with E-state index in [0.29, 0.717) is 19.0 Å². The van der Waals surface area contributed by atoms with Crippen LogP contribution in [0, 0.1) is 0 Å². The first kappa shape index (κ1) is 11.3. The first-order valence-corrected chi connectivity index (χ1v) is 7.12. The van der Waals surface area contributed by atoms with Gasteiger partial charge in [-0.2, -0.15) is 4.52 Å². The van der Waals surface area contributed by atoms with Crippen LogP contribution < -0.4 is 4.90 Å². The van der Waals surface area contributed by atoms with Gasteiger partial charge < -0.3 is 14.4 Å². The Morgan fingerprint density at radius 1 is 1.10 bits per heavy atom. The van der Waals surface area contributed by atoms with Crippen LogP contribution in [0.15, 0.2) is 12.1 Å². The van der Waals surface area contributed by atoms with E-state index < -0.39 is 6.16 Å². The van der Waals surface area contributed by atoms with Crippen molar-refractivity contribution in [2.24, 2.45) is 0 Å². The average molecular weight is 287 g/mol. The van der Waals surface area contributed by atoms with Crippen molar-refractivity contribution in [3.8, 4) is 0 Å². The summed E-state index contributed by atoms with van der Waals surface area (Å²) in [5.74, 6) is 2.26. The predicted molar refractivity (Wildman–Crippen MR) is 70.1 cm³/mol. The number of aromatic nitrogens is 4. The van der Waals surface area contributed by atoms with Crippen molar-refractivity contribution in [1.29, 1.82) is 0 Å². The fourth-order valence-corrected chi connectivity index (χ4v) is 2.99. The third kappa shape index (κ3) is 1.68. The van der Waals surface area contributed by atoms with Crippen molar-refractivity contribution < 1.29 is 14.3 Å². The van der Waals surface area contributed by atoms with Gasteiger partial charge in [0, 0.05) is 5.92 Å². The molecule has 4 heterocycles. The van der Waals surface area contributed by atoms with Gasteiger partial charge in [0.05, 0.1) is 13.1 Å². The maximum atomic E-state index is 11.1. The van der Waals surface area contributed by atoms with Crippen molar-refractivity contribution >= 4 is 17.6 Å². The van der Waals surface area contributed by atoms with Gasteiger partial charge >= 0.3 is 6.16 Å². The third-order valence-corrected chi connectivity index (χ3v) is 4.25. The third-order valence-electron chi connectivity index (χ3n) is 4.25. The molecule has 2 saturated heterocycles. The van der Waals surface area contributed by atoms with Gasteiger partial charge in [0.1, 0.15) is 5.82 Å². The normalized spacial score (nSPS) is 27.8. The molecular weight excluding hydrogens is 274 g/mol. The zero-order valence-electron chi connectivity index (χ0n) is 11.2. The Balaban J connectivity index is 1.48. The Bertz CT molecular complexity index is 724. The number of ether oxygens (including phenoxy) is 2. The minimum absolute atomic E-state index is 0.196. The van der Waals surface area contributed by atoms with Crippen LogP contribution in [0.5, 0.6) is 0 Å². The van der Waals surface area contributed by atoms with E-state index in [1.165, 1.54) is 0 Å². The van der Waals surface area contributed by atoms with Crippen molar-refractivity contribution in [2.45, 2.75) is 31.0 Å². The molecule has 3 aliphatic rings. The SMILES string of the molecule is O=C1O[C@H]2CN(c3ccc4nnc(C5CC5)n4n3)C[C@H]2O1. The van der Waals surface area contributed by atoms with Gasteiger partial charge in [0.15, 0.2) is 23.7 Å². The van der Waals surface area contributed by atoms with Crippen molar-refractivity contribution in [3.05, 3.63) is 18.0 Å². The number of carbonyl (C=O) groups excluding carboxylic acids is 1. The number of hydrogen-bond donors (Lipinski definition) is 0. The Morgan fingerprint density at radius 2 is 1.86 bits per heavy atom. The Hall–Kier alpha value is -2.38. The summed E-state index contributed by atoms with van der Waals surface area (Å²) in [5.41, 5.74) is 0.766. The highest BCUT2D eigenvalue weighted by molar-refractivity contribution is 5.63. The number of nitrogens with zero attached hydrogens (tertiary/aromatic N) is 5. The summed E-state index contributed by atoms with van der Waals surface area (Å²) in [7, 11) is 0. The Morgan fingerprint density at radius 3 is 2.57 bits per heavy atom. The highest BCUT2D eigenvalue weighted by Gasteiger charge is 2.44. The van der Waals surface area contributed by atoms with E-state index >= 15 is 0 Å². The summed E-state index contributed by atoms with van der Waals surface area (Å²) < 4.78 is 12.1. The molecular formula is C13H13N5O3. The van der Waals surface area contributed by atoms with E-state index in [9.17, 15) is 4.79 Å². The number of rotatable bonds is 2.